The zero-order chi connectivity index (χ0) is 10.1. The van der Waals surface area contributed by atoms with Crippen molar-refractivity contribution in [2.75, 3.05) is 0 Å². The quantitative estimate of drug-likeness (QED) is 0.692. The molecule has 0 aliphatic heterocycles. The van der Waals surface area contributed by atoms with Crippen molar-refractivity contribution < 1.29 is 0 Å². The monoisotopic (exact) mass is 225 g/mol. The molecule has 0 unspecified atom stereocenters. The van der Waals surface area contributed by atoms with Gasteiger partial charge in [-0.25, -0.2) is 0 Å². The fourth-order valence-electron chi connectivity index (χ4n) is 1.43. The lowest BCUT2D eigenvalue weighted by molar-refractivity contribution is 0.937. The smallest absolute Gasteiger partial charge is 0.0500 e. The number of aryl methyl sites for hydroxylation is 1. The maximum atomic E-state index is 6.09. The topological polar surface area (TPSA) is 4.93 Å². The molecule has 72 valence electrons. The normalized spacial score (nSPS) is 10.5. The first kappa shape index (κ1) is 9.63. The summed E-state index contributed by atoms with van der Waals surface area (Å²) in [7, 11) is 1.98. The van der Waals surface area contributed by atoms with Crippen LogP contribution >= 0.6 is 23.2 Å². The molecule has 2 rings (SSSR count). The molecule has 14 heavy (non-hydrogen) atoms. The van der Waals surface area contributed by atoms with E-state index in [0.717, 1.165) is 16.3 Å². The maximum absolute atomic E-state index is 6.09. The molecule has 1 aromatic heterocycles. The molecule has 0 saturated heterocycles. The van der Waals surface area contributed by atoms with E-state index in [1.165, 1.54) is 0 Å². The summed E-state index contributed by atoms with van der Waals surface area (Å²) in [6.45, 7) is 0. The number of hydrogen-bond donors (Lipinski definition) is 0. The van der Waals surface area contributed by atoms with Gasteiger partial charge in [0.15, 0.2) is 0 Å². The number of hydrogen-bond acceptors (Lipinski definition) is 0. The predicted octanol–water partition coefficient (Wildman–Crippen LogP) is 4.00. The van der Waals surface area contributed by atoms with Crippen molar-refractivity contribution in [3.05, 3.63) is 46.6 Å². The van der Waals surface area contributed by atoms with Crippen LogP contribution in [-0.4, -0.2) is 4.57 Å². The van der Waals surface area contributed by atoms with Gasteiger partial charge in [0.25, 0.3) is 0 Å². The van der Waals surface area contributed by atoms with E-state index in [9.17, 15) is 0 Å². The van der Waals surface area contributed by atoms with Crippen molar-refractivity contribution in [3.63, 3.8) is 0 Å². The Hall–Kier alpha value is -0.920. The highest BCUT2D eigenvalue weighted by Gasteiger charge is 2.06. The van der Waals surface area contributed by atoms with Crippen molar-refractivity contribution >= 4 is 23.2 Å². The van der Waals surface area contributed by atoms with E-state index in [2.05, 4.69) is 0 Å². The molecular formula is C11H9Cl2N. The van der Waals surface area contributed by atoms with Gasteiger partial charge >= 0.3 is 0 Å². The Kier molecular flexibility index (Phi) is 2.53. The molecule has 0 radical (unpaired) electrons. The van der Waals surface area contributed by atoms with Crippen LogP contribution in [0, 0.1) is 0 Å². The van der Waals surface area contributed by atoms with Crippen molar-refractivity contribution in [3.8, 4) is 11.3 Å². The third kappa shape index (κ3) is 1.66. The highest BCUT2D eigenvalue weighted by Crippen LogP contribution is 2.30. The number of rotatable bonds is 1. The molecule has 0 saturated carbocycles. The van der Waals surface area contributed by atoms with E-state index < -0.39 is 0 Å². The number of aromatic nitrogens is 1. The van der Waals surface area contributed by atoms with E-state index in [-0.39, 0.29) is 0 Å². The van der Waals surface area contributed by atoms with Gasteiger partial charge in [-0.3, -0.25) is 0 Å². The van der Waals surface area contributed by atoms with Crippen LogP contribution in [0.25, 0.3) is 11.3 Å². The summed E-state index contributed by atoms with van der Waals surface area (Å²) in [5, 5.41) is 1.42. The van der Waals surface area contributed by atoms with E-state index in [0.29, 0.717) is 5.02 Å². The minimum Gasteiger partial charge on any atom is -0.351 e. The van der Waals surface area contributed by atoms with Crippen LogP contribution in [0.3, 0.4) is 0 Å². The van der Waals surface area contributed by atoms with Gasteiger partial charge in [-0.15, -0.1) is 0 Å². The van der Waals surface area contributed by atoms with Crippen molar-refractivity contribution in [2.45, 2.75) is 0 Å². The van der Waals surface area contributed by atoms with Gasteiger partial charge in [0.2, 0.25) is 0 Å². The molecule has 0 N–H and O–H groups in total. The van der Waals surface area contributed by atoms with Crippen LogP contribution < -0.4 is 0 Å². The van der Waals surface area contributed by atoms with Gasteiger partial charge in [-0.2, -0.15) is 0 Å². The van der Waals surface area contributed by atoms with E-state index in [1.807, 2.05) is 42.1 Å². The van der Waals surface area contributed by atoms with Crippen LogP contribution in [0.5, 0.6) is 0 Å². The Morgan fingerprint density at radius 2 is 1.93 bits per heavy atom. The fraction of sp³-hybridized carbons (Fsp3) is 0.0909. The van der Waals surface area contributed by atoms with E-state index in [4.69, 9.17) is 23.2 Å². The average molecular weight is 226 g/mol. The molecule has 0 atom stereocenters. The molecule has 1 nitrogen and oxygen atoms in total. The molecule has 0 amide bonds. The molecule has 0 spiro atoms. The van der Waals surface area contributed by atoms with Gasteiger partial charge in [0, 0.05) is 34.5 Å². The molecule has 3 heteroatoms. The molecule has 0 aliphatic carbocycles. The lowest BCUT2D eigenvalue weighted by atomic mass is 10.1. The van der Waals surface area contributed by atoms with Crippen molar-refractivity contribution in [1.82, 2.24) is 4.57 Å². The van der Waals surface area contributed by atoms with Crippen LogP contribution in [0.4, 0.5) is 0 Å². The summed E-state index contributed by atoms with van der Waals surface area (Å²) in [5.74, 6) is 0. The van der Waals surface area contributed by atoms with Crippen LogP contribution in [-0.2, 0) is 7.05 Å². The second-order valence-electron chi connectivity index (χ2n) is 3.13. The molecule has 1 aromatic carbocycles. The van der Waals surface area contributed by atoms with Gasteiger partial charge in [0.1, 0.15) is 0 Å². The summed E-state index contributed by atoms with van der Waals surface area (Å²) >= 11 is 12.0. The largest absolute Gasteiger partial charge is 0.351 e. The highest BCUT2D eigenvalue weighted by molar-refractivity contribution is 6.35. The lowest BCUT2D eigenvalue weighted by Gasteiger charge is -2.06. The fourth-order valence-corrected chi connectivity index (χ4v) is 1.82. The standard InChI is InChI=1S/C11H9Cl2N/c1-14-6-2-3-11(14)9-7-8(12)4-5-10(9)13/h2-7H,1H3. The minimum absolute atomic E-state index is 0.700. The summed E-state index contributed by atoms with van der Waals surface area (Å²) in [6.07, 6.45) is 1.98. The number of nitrogens with zero attached hydrogens (tertiary/aromatic N) is 1. The van der Waals surface area contributed by atoms with E-state index in [1.54, 1.807) is 6.07 Å². The Morgan fingerprint density at radius 1 is 1.14 bits per heavy atom. The molecule has 2 aromatic rings. The Morgan fingerprint density at radius 3 is 2.57 bits per heavy atom. The zero-order valence-corrected chi connectivity index (χ0v) is 9.18. The maximum Gasteiger partial charge on any atom is 0.0500 e. The van der Waals surface area contributed by atoms with Gasteiger partial charge in [-0.1, -0.05) is 23.2 Å². The first-order chi connectivity index (χ1) is 6.68. The second kappa shape index (κ2) is 3.68. The molecule has 0 aliphatic rings. The van der Waals surface area contributed by atoms with Gasteiger partial charge in [-0.05, 0) is 30.3 Å². The highest BCUT2D eigenvalue weighted by atomic mass is 35.5. The van der Waals surface area contributed by atoms with Crippen LogP contribution in [0.2, 0.25) is 10.0 Å². The minimum atomic E-state index is 0.700. The number of benzene rings is 1. The van der Waals surface area contributed by atoms with Crippen LogP contribution in [0.15, 0.2) is 36.5 Å². The predicted molar refractivity (Wildman–Crippen MR) is 60.9 cm³/mol. The third-order valence-electron chi connectivity index (χ3n) is 2.15. The number of halogens is 2. The SMILES string of the molecule is Cn1cccc1-c1cc(Cl)ccc1Cl. The summed E-state index contributed by atoms with van der Waals surface area (Å²) in [6, 6.07) is 9.46. The van der Waals surface area contributed by atoms with Crippen molar-refractivity contribution in [1.29, 1.82) is 0 Å². The van der Waals surface area contributed by atoms with Gasteiger partial charge in [0.05, 0.1) is 0 Å². The van der Waals surface area contributed by atoms with Gasteiger partial charge < -0.3 is 4.57 Å². The molecular weight excluding hydrogens is 217 g/mol. The molecule has 1 heterocycles. The summed E-state index contributed by atoms with van der Waals surface area (Å²) < 4.78 is 2.01. The van der Waals surface area contributed by atoms with Crippen molar-refractivity contribution in [2.24, 2.45) is 7.05 Å². The Bertz CT molecular complexity index is 460. The summed E-state index contributed by atoms with van der Waals surface area (Å²) in [4.78, 5) is 0. The Balaban J connectivity index is 2.62. The second-order valence-corrected chi connectivity index (χ2v) is 3.97. The average Bonchev–Trinajstić information content (AvgIpc) is 2.56. The molecule has 0 fully saturated rings. The Labute approximate surface area is 92.9 Å². The summed E-state index contributed by atoms with van der Waals surface area (Å²) in [5.41, 5.74) is 2.03. The third-order valence-corrected chi connectivity index (χ3v) is 2.71. The van der Waals surface area contributed by atoms with E-state index >= 15 is 0 Å². The first-order valence-electron chi connectivity index (χ1n) is 4.25. The molecule has 0 bridgehead atoms. The zero-order valence-electron chi connectivity index (χ0n) is 7.67. The lowest BCUT2D eigenvalue weighted by Crippen LogP contribution is -1.89. The van der Waals surface area contributed by atoms with Crippen LogP contribution in [0.1, 0.15) is 0 Å². The first-order valence-corrected chi connectivity index (χ1v) is 5.01.